The lowest BCUT2D eigenvalue weighted by Crippen LogP contribution is -2.37. The number of hydrogen-bond donors (Lipinski definition) is 3. The van der Waals surface area contributed by atoms with E-state index in [9.17, 15) is 15.2 Å². The van der Waals surface area contributed by atoms with E-state index in [0.29, 0.717) is 65.0 Å². The third-order valence-electron chi connectivity index (χ3n) is 5.77. The number of nitriles is 1. The Balaban J connectivity index is 1.78. The van der Waals surface area contributed by atoms with Gasteiger partial charge in [-0.25, -0.2) is 4.98 Å². The Hall–Kier alpha value is -3.54. The molecule has 4 N–H and O–H groups in total. The molecule has 8 heteroatoms. The highest BCUT2D eigenvalue weighted by Gasteiger charge is 2.26. The van der Waals surface area contributed by atoms with Crippen LogP contribution in [0.15, 0.2) is 59.6 Å². The second-order valence-corrected chi connectivity index (χ2v) is 9.23. The van der Waals surface area contributed by atoms with Gasteiger partial charge in [0.2, 0.25) is 5.91 Å². The topological polar surface area (TPSA) is 115 Å². The number of piperidine rings is 1. The number of nitrogens with one attached hydrogen (secondary N) is 1. The number of aromatic nitrogens is 1. The fraction of sp³-hybridized carbons (Fsp3) is 0.269. The molecule has 0 aliphatic carbocycles. The van der Waals surface area contributed by atoms with Crippen LogP contribution >= 0.6 is 11.8 Å². The van der Waals surface area contributed by atoms with E-state index in [0.717, 1.165) is 11.1 Å². The van der Waals surface area contributed by atoms with Gasteiger partial charge < -0.3 is 21.1 Å². The van der Waals surface area contributed by atoms with Gasteiger partial charge in [0.25, 0.3) is 0 Å². The molecule has 0 saturated carbocycles. The number of pyridine rings is 1. The van der Waals surface area contributed by atoms with Crippen LogP contribution in [0.25, 0.3) is 11.1 Å². The fourth-order valence-corrected chi connectivity index (χ4v) is 4.98. The predicted octanol–water partition coefficient (Wildman–Crippen LogP) is 4.41. The van der Waals surface area contributed by atoms with E-state index in [4.69, 9.17) is 10.7 Å². The summed E-state index contributed by atoms with van der Waals surface area (Å²) in [5.74, 6) is 1.16. The number of carbonyl (C=O) groups is 1. The summed E-state index contributed by atoms with van der Waals surface area (Å²) in [5.41, 5.74) is 10.8. The summed E-state index contributed by atoms with van der Waals surface area (Å²) in [5, 5.41) is 23.5. The molecule has 1 amide bonds. The maximum atomic E-state index is 11.4. The van der Waals surface area contributed by atoms with Gasteiger partial charge in [-0.05, 0) is 36.1 Å². The molecular weight excluding hydrogens is 446 g/mol. The van der Waals surface area contributed by atoms with Gasteiger partial charge in [-0.1, -0.05) is 42.5 Å². The van der Waals surface area contributed by atoms with Crippen LogP contribution in [0.4, 0.5) is 17.2 Å². The second-order valence-electron chi connectivity index (χ2n) is 8.27. The first kappa shape index (κ1) is 23.6. The number of rotatable bonds is 6. The molecule has 4 rings (SSSR count). The van der Waals surface area contributed by atoms with Crippen LogP contribution < -0.4 is 16.0 Å². The van der Waals surface area contributed by atoms with Gasteiger partial charge in [0.1, 0.15) is 11.1 Å². The molecule has 2 heterocycles. The van der Waals surface area contributed by atoms with Crippen molar-refractivity contribution in [1.29, 1.82) is 5.26 Å². The molecule has 34 heavy (non-hydrogen) atoms. The highest BCUT2D eigenvalue weighted by molar-refractivity contribution is 7.98. The van der Waals surface area contributed by atoms with Crippen molar-refractivity contribution in [3.05, 3.63) is 65.7 Å². The SMILES string of the molecule is CC(=O)Nc1ccc(-c2c(N)c(N3CCC(O)CC3)nc(SCc3ccccc3)c2C#N)cc1. The van der Waals surface area contributed by atoms with Crippen molar-refractivity contribution in [3.8, 4) is 17.2 Å². The molecule has 1 aliphatic rings. The number of anilines is 3. The van der Waals surface area contributed by atoms with Crippen LogP contribution in [0.3, 0.4) is 0 Å². The van der Waals surface area contributed by atoms with E-state index in [-0.39, 0.29) is 12.0 Å². The smallest absolute Gasteiger partial charge is 0.221 e. The van der Waals surface area contributed by atoms with Gasteiger partial charge in [-0.3, -0.25) is 4.79 Å². The number of aliphatic hydroxyl groups is 1. The van der Waals surface area contributed by atoms with Gasteiger partial charge in [-0.2, -0.15) is 5.26 Å². The summed E-state index contributed by atoms with van der Waals surface area (Å²) >= 11 is 1.51. The Morgan fingerprint density at radius 3 is 2.50 bits per heavy atom. The van der Waals surface area contributed by atoms with E-state index < -0.39 is 0 Å². The van der Waals surface area contributed by atoms with Gasteiger partial charge >= 0.3 is 0 Å². The van der Waals surface area contributed by atoms with Gasteiger partial charge in [0.05, 0.1) is 17.4 Å². The zero-order chi connectivity index (χ0) is 24.1. The molecule has 174 valence electrons. The average molecular weight is 474 g/mol. The number of carbonyl (C=O) groups excluding carboxylic acids is 1. The lowest BCUT2D eigenvalue weighted by molar-refractivity contribution is -0.114. The average Bonchev–Trinajstić information content (AvgIpc) is 2.84. The van der Waals surface area contributed by atoms with Crippen LogP contribution in [0.1, 0.15) is 30.9 Å². The normalized spacial score (nSPS) is 14.0. The Bertz CT molecular complexity index is 1200. The summed E-state index contributed by atoms with van der Waals surface area (Å²) in [6, 6.07) is 19.7. The molecule has 0 atom stereocenters. The maximum Gasteiger partial charge on any atom is 0.221 e. The third kappa shape index (κ3) is 5.33. The Morgan fingerprint density at radius 2 is 1.88 bits per heavy atom. The van der Waals surface area contributed by atoms with Gasteiger partial charge in [0, 0.05) is 37.0 Å². The molecule has 7 nitrogen and oxygen atoms in total. The van der Waals surface area contributed by atoms with Crippen LogP contribution in [-0.2, 0) is 10.5 Å². The first-order valence-electron chi connectivity index (χ1n) is 11.2. The molecule has 1 saturated heterocycles. The number of nitrogens with two attached hydrogens (primary N) is 1. The van der Waals surface area contributed by atoms with E-state index in [1.54, 1.807) is 12.1 Å². The number of nitrogens with zero attached hydrogens (tertiary/aromatic N) is 3. The number of benzene rings is 2. The van der Waals surface area contributed by atoms with Crippen molar-refractivity contribution in [2.75, 3.05) is 29.0 Å². The summed E-state index contributed by atoms with van der Waals surface area (Å²) in [7, 11) is 0. The Kier molecular flexibility index (Phi) is 7.36. The monoisotopic (exact) mass is 473 g/mol. The van der Waals surface area contributed by atoms with Gasteiger partial charge in [-0.15, -0.1) is 11.8 Å². The largest absolute Gasteiger partial charge is 0.395 e. The number of hydrogen-bond acceptors (Lipinski definition) is 7. The van der Waals surface area contributed by atoms with Crippen LogP contribution in [0, 0.1) is 11.3 Å². The number of amides is 1. The molecule has 0 bridgehead atoms. The van der Waals surface area contributed by atoms with Crippen LogP contribution in [-0.4, -0.2) is 35.2 Å². The molecule has 0 radical (unpaired) electrons. The minimum absolute atomic E-state index is 0.150. The Labute approximate surface area is 203 Å². The van der Waals surface area contributed by atoms with Crippen molar-refractivity contribution in [3.63, 3.8) is 0 Å². The standard InChI is InChI=1S/C26H27N5O2S/c1-17(32)29-20-9-7-19(8-10-20)23-22(15-27)26(34-16-18-5-3-2-4-6-18)30-25(24(23)28)31-13-11-21(33)12-14-31/h2-10,21,33H,11-14,16,28H2,1H3,(H,29,32). The van der Waals surface area contributed by atoms with Gasteiger partial charge in [0.15, 0.2) is 5.82 Å². The Morgan fingerprint density at radius 1 is 1.21 bits per heavy atom. The molecule has 2 aromatic carbocycles. The van der Waals surface area contributed by atoms with E-state index in [2.05, 4.69) is 16.3 Å². The quantitative estimate of drug-likeness (QED) is 0.454. The van der Waals surface area contributed by atoms with Crippen molar-refractivity contribution in [2.45, 2.75) is 36.6 Å². The molecule has 1 fully saturated rings. The molecule has 1 aromatic heterocycles. The van der Waals surface area contributed by atoms with E-state index in [1.807, 2.05) is 42.5 Å². The second kappa shape index (κ2) is 10.6. The fourth-order valence-electron chi connectivity index (χ4n) is 4.04. The first-order chi connectivity index (χ1) is 16.5. The molecule has 0 spiro atoms. The zero-order valence-corrected chi connectivity index (χ0v) is 19.8. The molecule has 0 unspecified atom stereocenters. The predicted molar refractivity (Wildman–Crippen MR) is 137 cm³/mol. The minimum atomic E-state index is -0.316. The summed E-state index contributed by atoms with van der Waals surface area (Å²) in [6.07, 6.45) is 0.978. The highest BCUT2D eigenvalue weighted by atomic mass is 32.2. The van der Waals surface area contributed by atoms with Crippen molar-refractivity contribution >= 4 is 34.9 Å². The first-order valence-corrected chi connectivity index (χ1v) is 12.2. The van der Waals surface area contributed by atoms with Crippen molar-refractivity contribution < 1.29 is 9.90 Å². The highest BCUT2D eigenvalue weighted by Crippen LogP contribution is 2.41. The molecule has 1 aliphatic heterocycles. The van der Waals surface area contributed by atoms with Crippen LogP contribution in [0.2, 0.25) is 0 Å². The minimum Gasteiger partial charge on any atom is -0.395 e. The van der Waals surface area contributed by atoms with Crippen LogP contribution in [0.5, 0.6) is 0 Å². The third-order valence-corrected chi connectivity index (χ3v) is 6.82. The summed E-state index contributed by atoms with van der Waals surface area (Å²) < 4.78 is 0. The molecular formula is C26H27N5O2S. The lowest BCUT2D eigenvalue weighted by Gasteiger charge is -2.32. The maximum absolute atomic E-state index is 11.4. The number of thioether (sulfide) groups is 1. The zero-order valence-electron chi connectivity index (χ0n) is 19.0. The summed E-state index contributed by atoms with van der Waals surface area (Å²) in [4.78, 5) is 18.3. The van der Waals surface area contributed by atoms with E-state index in [1.165, 1.54) is 18.7 Å². The molecule has 3 aromatic rings. The van der Waals surface area contributed by atoms with E-state index >= 15 is 0 Å². The van der Waals surface area contributed by atoms with Crippen molar-refractivity contribution in [1.82, 2.24) is 4.98 Å². The number of nitrogen functional groups attached to an aromatic ring is 1. The summed E-state index contributed by atoms with van der Waals surface area (Å²) in [6.45, 7) is 2.75. The van der Waals surface area contributed by atoms with Crippen molar-refractivity contribution in [2.24, 2.45) is 0 Å². The number of aliphatic hydroxyl groups excluding tert-OH is 1. The lowest BCUT2D eigenvalue weighted by atomic mass is 9.99.